The molecule has 0 fully saturated rings. The maximum absolute atomic E-state index is 12.6. The molecule has 1 N–H and O–H groups in total. The van der Waals surface area contributed by atoms with Crippen molar-refractivity contribution in [1.82, 2.24) is 4.90 Å². The number of carbonyl (C=O) groups excluding carboxylic acids is 2. The summed E-state index contributed by atoms with van der Waals surface area (Å²) in [6, 6.07) is 15.3. The van der Waals surface area contributed by atoms with Gasteiger partial charge in [0.15, 0.2) is 0 Å². The van der Waals surface area contributed by atoms with Gasteiger partial charge in [0.25, 0.3) is 0 Å². The fourth-order valence-electron chi connectivity index (χ4n) is 2.91. The molecule has 0 radical (unpaired) electrons. The molecule has 2 aromatic rings. The van der Waals surface area contributed by atoms with Crippen molar-refractivity contribution < 1.29 is 14.3 Å². The summed E-state index contributed by atoms with van der Waals surface area (Å²) in [7, 11) is 1.55. The van der Waals surface area contributed by atoms with Gasteiger partial charge in [-0.3, -0.25) is 9.59 Å². The molecule has 0 atom stereocenters. The van der Waals surface area contributed by atoms with Crippen LogP contribution in [0.5, 0.6) is 5.75 Å². The number of amides is 2. The lowest BCUT2D eigenvalue weighted by Crippen LogP contribution is -2.37. The van der Waals surface area contributed by atoms with Crippen molar-refractivity contribution in [2.75, 3.05) is 25.5 Å². The Morgan fingerprint density at radius 3 is 2.41 bits per heavy atom. The van der Waals surface area contributed by atoms with Gasteiger partial charge in [0, 0.05) is 12.6 Å². The number of hydrogen-bond acceptors (Lipinski definition) is 3. The number of methoxy groups -OCH3 is 1. The predicted octanol–water partition coefficient (Wildman–Crippen LogP) is 4.71. The highest BCUT2D eigenvalue weighted by molar-refractivity contribution is 5.98. The Bertz CT molecular complexity index is 841. The molecule has 0 saturated carbocycles. The van der Waals surface area contributed by atoms with Crippen LogP contribution in [-0.2, 0) is 9.59 Å². The molecule has 0 bridgehead atoms. The summed E-state index contributed by atoms with van der Waals surface area (Å²) in [5.41, 5.74) is 2.80. The van der Waals surface area contributed by atoms with Crippen LogP contribution in [0.2, 0.25) is 0 Å². The number of benzene rings is 2. The Hall–Kier alpha value is -3.08. The van der Waals surface area contributed by atoms with Crippen molar-refractivity contribution in [2.24, 2.45) is 0 Å². The first-order valence-corrected chi connectivity index (χ1v) is 9.94. The minimum Gasteiger partial charge on any atom is -0.495 e. The van der Waals surface area contributed by atoms with Gasteiger partial charge < -0.3 is 15.0 Å². The summed E-state index contributed by atoms with van der Waals surface area (Å²) in [6.07, 6.45) is 4.08. The summed E-state index contributed by atoms with van der Waals surface area (Å²) in [5, 5.41) is 2.81. The van der Waals surface area contributed by atoms with Crippen molar-refractivity contribution in [3.63, 3.8) is 0 Å². The Labute approximate surface area is 173 Å². The number of rotatable bonds is 9. The molecule has 2 amide bonds. The molecule has 0 spiro atoms. The van der Waals surface area contributed by atoms with Crippen LogP contribution in [0.3, 0.4) is 0 Å². The molecule has 0 aliphatic heterocycles. The van der Waals surface area contributed by atoms with Crippen molar-refractivity contribution in [3.8, 4) is 5.75 Å². The minimum absolute atomic E-state index is 0.0126. The quantitative estimate of drug-likeness (QED) is 0.627. The molecule has 0 saturated heterocycles. The fraction of sp³-hybridized carbons (Fsp3) is 0.333. The Kier molecular flexibility index (Phi) is 8.46. The van der Waals surface area contributed by atoms with Crippen molar-refractivity contribution in [2.45, 2.75) is 33.1 Å². The van der Waals surface area contributed by atoms with Gasteiger partial charge in [-0.05, 0) is 41.7 Å². The largest absolute Gasteiger partial charge is 0.495 e. The molecule has 0 aliphatic rings. The van der Waals surface area contributed by atoms with Gasteiger partial charge in [-0.2, -0.15) is 0 Å². The molecule has 0 aliphatic carbocycles. The van der Waals surface area contributed by atoms with Gasteiger partial charge in [0.05, 0.1) is 12.8 Å². The fourth-order valence-corrected chi connectivity index (χ4v) is 2.91. The summed E-state index contributed by atoms with van der Waals surface area (Å²) < 4.78 is 5.25. The van der Waals surface area contributed by atoms with E-state index >= 15 is 0 Å². The van der Waals surface area contributed by atoms with E-state index in [-0.39, 0.29) is 18.4 Å². The van der Waals surface area contributed by atoms with Crippen molar-refractivity contribution >= 4 is 23.6 Å². The zero-order valence-corrected chi connectivity index (χ0v) is 17.6. The molecular weight excluding hydrogens is 364 g/mol. The average molecular weight is 395 g/mol. The van der Waals surface area contributed by atoms with Crippen LogP contribution in [0.1, 0.15) is 44.2 Å². The van der Waals surface area contributed by atoms with Gasteiger partial charge >= 0.3 is 0 Å². The Morgan fingerprint density at radius 2 is 1.79 bits per heavy atom. The van der Waals surface area contributed by atoms with Crippen LogP contribution < -0.4 is 10.1 Å². The highest BCUT2D eigenvalue weighted by atomic mass is 16.5. The van der Waals surface area contributed by atoms with Crippen molar-refractivity contribution in [3.05, 3.63) is 65.7 Å². The van der Waals surface area contributed by atoms with Gasteiger partial charge in [-0.25, -0.2) is 0 Å². The van der Waals surface area contributed by atoms with E-state index in [0.717, 1.165) is 12.0 Å². The van der Waals surface area contributed by atoms with Crippen LogP contribution in [-0.4, -0.2) is 36.9 Å². The van der Waals surface area contributed by atoms with E-state index in [1.54, 1.807) is 30.2 Å². The summed E-state index contributed by atoms with van der Waals surface area (Å²) >= 11 is 0. The highest BCUT2D eigenvalue weighted by Gasteiger charge is 2.15. The molecule has 2 aromatic carbocycles. The molecule has 0 heterocycles. The second kappa shape index (κ2) is 11.1. The van der Waals surface area contributed by atoms with E-state index in [2.05, 4.69) is 31.3 Å². The Balaban J connectivity index is 2.01. The SMILES string of the molecule is CCCN(CC(=O)Nc1ccccc1OC)C(=O)C=Cc1ccc(C(C)C)cc1. The van der Waals surface area contributed by atoms with Gasteiger partial charge in [-0.15, -0.1) is 0 Å². The van der Waals surface area contributed by atoms with E-state index in [9.17, 15) is 9.59 Å². The molecular formula is C24H30N2O3. The van der Waals surface area contributed by atoms with E-state index in [1.165, 1.54) is 11.6 Å². The maximum Gasteiger partial charge on any atom is 0.247 e. The number of carbonyl (C=O) groups is 2. The number of nitrogens with one attached hydrogen (secondary N) is 1. The number of anilines is 1. The summed E-state index contributed by atoms with van der Waals surface area (Å²) in [6.45, 7) is 6.77. The van der Waals surface area contributed by atoms with Gasteiger partial charge in [-0.1, -0.05) is 57.2 Å². The molecule has 2 rings (SSSR count). The second-order valence-corrected chi connectivity index (χ2v) is 7.16. The topological polar surface area (TPSA) is 58.6 Å². The molecule has 5 heteroatoms. The lowest BCUT2D eigenvalue weighted by molar-refractivity contribution is -0.130. The monoisotopic (exact) mass is 394 g/mol. The first-order chi connectivity index (χ1) is 13.9. The number of nitrogens with zero attached hydrogens (tertiary/aromatic N) is 1. The van der Waals surface area contributed by atoms with Gasteiger partial charge in [0.2, 0.25) is 11.8 Å². The highest BCUT2D eigenvalue weighted by Crippen LogP contribution is 2.23. The standard InChI is InChI=1S/C24H30N2O3/c1-5-16-26(17-23(27)25-21-8-6-7-9-22(21)29-4)24(28)15-12-19-10-13-20(14-11-19)18(2)3/h6-15,18H,5,16-17H2,1-4H3,(H,25,27). The maximum atomic E-state index is 12.6. The lowest BCUT2D eigenvalue weighted by Gasteiger charge is -2.20. The third-order valence-electron chi connectivity index (χ3n) is 4.54. The van der Waals surface area contributed by atoms with E-state index in [4.69, 9.17) is 4.74 Å². The molecule has 29 heavy (non-hydrogen) atoms. The molecule has 0 unspecified atom stereocenters. The van der Waals surface area contributed by atoms with Crippen LogP contribution in [0.15, 0.2) is 54.6 Å². The number of ether oxygens (including phenoxy) is 1. The molecule has 0 aromatic heterocycles. The van der Waals surface area contributed by atoms with E-state index < -0.39 is 0 Å². The predicted molar refractivity (Wildman–Crippen MR) is 118 cm³/mol. The minimum atomic E-state index is -0.258. The zero-order valence-electron chi connectivity index (χ0n) is 17.6. The third-order valence-corrected chi connectivity index (χ3v) is 4.54. The van der Waals surface area contributed by atoms with Crippen LogP contribution in [0, 0.1) is 0 Å². The molecule has 154 valence electrons. The van der Waals surface area contributed by atoms with Crippen LogP contribution in [0.25, 0.3) is 6.08 Å². The lowest BCUT2D eigenvalue weighted by atomic mass is 10.0. The zero-order chi connectivity index (χ0) is 21.2. The van der Waals surface area contributed by atoms with Crippen LogP contribution >= 0.6 is 0 Å². The first-order valence-electron chi connectivity index (χ1n) is 9.94. The third kappa shape index (κ3) is 6.79. The summed E-state index contributed by atoms with van der Waals surface area (Å²) in [4.78, 5) is 26.6. The summed E-state index contributed by atoms with van der Waals surface area (Å²) in [5.74, 6) is 0.608. The van der Waals surface area contributed by atoms with Crippen molar-refractivity contribution in [1.29, 1.82) is 0 Å². The van der Waals surface area contributed by atoms with Gasteiger partial charge in [0.1, 0.15) is 12.3 Å². The number of hydrogen-bond donors (Lipinski definition) is 1. The first kappa shape index (κ1) is 22.2. The number of para-hydroxylation sites is 2. The van der Waals surface area contributed by atoms with Crippen LogP contribution in [0.4, 0.5) is 5.69 Å². The smallest absolute Gasteiger partial charge is 0.247 e. The molecule has 5 nitrogen and oxygen atoms in total. The van der Waals surface area contributed by atoms with E-state index in [1.807, 2.05) is 31.2 Å². The second-order valence-electron chi connectivity index (χ2n) is 7.16. The van der Waals surface area contributed by atoms with E-state index in [0.29, 0.717) is 23.9 Å². The Morgan fingerprint density at radius 1 is 1.10 bits per heavy atom. The average Bonchev–Trinajstić information content (AvgIpc) is 2.72. The normalized spacial score (nSPS) is 10.9.